The fourth-order valence-electron chi connectivity index (χ4n) is 1.77. The smallest absolute Gasteiger partial charge is 0.357 e. The number of esters is 1. The van der Waals surface area contributed by atoms with Crippen molar-refractivity contribution in [2.45, 2.75) is 33.6 Å². The van der Waals surface area contributed by atoms with Crippen molar-refractivity contribution in [3.63, 3.8) is 0 Å². The van der Waals surface area contributed by atoms with Crippen LogP contribution >= 0.6 is 11.3 Å². The Hall–Kier alpha value is -2.22. The van der Waals surface area contributed by atoms with Gasteiger partial charge >= 0.3 is 11.9 Å². The van der Waals surface area contributed by atoms with Gasteiger partial charge in [-0.05, 0) is 30.7 Å². The minimum atomic E-state index is -1.23. The highest BCUT2D eigenvalue weighted by atomic mass is 32.1. The Labute approximate surface area is 144 Å². The molecule has 0 unspecified atom stereocenters. The molecule has 0 saturated heterocycles. The lowest BCUT2D eigenvalue weighted by molar-refractivity contribution is -0.148. The fourth-order valence-corrected chi connectivity index (χ4v) is 2.47. The zero-order chi connectivity index (χ0) is 18.1. The normalized spacial score (nSPS) is 11.4. The van der Waals surface area contributed by atoms with Gasteiger partial charge in [-0.2, -0.15) is 5.10 Å². The van der Waals surface area contributed by atoms with Crippen LogP contribution in [0.4, 0.5) is 0 Å². The Morgan fingerprint density at radius 2 is 2.08 bits per heavy atom. The molecule has 1 aromatic heterocycles. The molecule has 1 aromatic rings. The van der Waals surface area contributed by atoms with E-state index >= 15 is 0 Å². The van der Waals surface area contributed by atoms with Gasteiger partial charge in [0.1, 0.15) is 6.42 Å². The van der Waals surface area contributed by atoms with Gasteiger partial charge in [-0.15, -0.1) is 11.3 Å². The molecule has 1 heterocycles. The first-order valence-corrected chi connectivity index (χ1v) is 8.54. The number of thiophene rings is 1. The molecule has 0 bridgehead atoms. The second-order valence-electron chi connectivity index (χ2n) is 5.41. The van der Waals surface area contributed by atoms with E-state index < -0.39 is 24.3 Å². The van der Waals surface area contributed by atoms with E-state index in [1.54, 1.807) is 24.4 Å². The van der Waals surface area contributed by atoms with Crippen LogP contribution in [0.1, 0.15) is 38.5 Å². The fraction of sp³-hybridized carbons (Fsp3) is 0.500. The van der Waals surface area contributed by atoms with Crippen LogP contribution in [0.15, 0.2) is 22.6 Å². The van der Waals surface area contributed by atoms with Crippen LogP contribution in [0.25, 0.3) is 0 Å². The van der Waals surface area contributed by atoms with Gasteiger partial charge in [-0.1, -0.05) is 19.9 Å². The van der Waals surface area contributed by atoms with E-state index in [1.165, 1.54) is 11.3 Å². The highest BCUT2D eigenvalue weighted by Gasteiger charge is 2.22. The van der Waals surface area contributed by atoms with Crippen molar-refractivity contribution in [1.29, 1.82) is 0 Å². The zero-order valence-corrected chi connectivity index (χ0v) is 14.8. The molecule has 0 fully saturated rings. The maximum absolute atomic E-state index is 12.3. The highest BCUT2D eigenvalue weighted by molar-refractivity contribution is 7.13. The van der Waals surface area contributed by atoms with Crippen molar-refractivity contribution >= 4 is 34.9 Å². The third-order valence-corrected chi connectivity index (χ3v) is 3.86. The number of amides is 1. The molecule has 0 radical (unpaired) electrons. The Kier molecular flexibility index (Phi) is 8.11. The predicted octanol–water partition coefficient (Wildman–Crippen LogP) is 2.36. The molecule has 0 spiro atoms. The molecule has 24 heavy (non-hydrogen) atoms. The minimum absolute atomic E-state index is 0.178. The molecule has 132 valence electrons. The van der Waals surface area contributed by atoms with E-state index in [0.717, 1.165) is 5.01 Å². The first-order valence-electron chi connectivity index (χ1n) is 7.66. The summed E-state index contributed by atoms with van der Waals surface area (Å²) in [5, 5.41) is 16.2. The number of carboxylic acids is 1. The lowest BCUT2D eigenvalue weighted by Crippen LogP contribution is -2.32. The van der Waals surface area contributed by atoms with Gasteiger partial charge in [0.05, 0.1) is 11.5 Å². The van der Waals surface area contributed by atoms with Crippen LogP contribution in [0, 0.1) is 5.92 Å². The molecule has 1 N–H and O–H groups in total. The summed E-state index contributed by atoms with van der Waals surface area (Å²) in [4.78, 5) is 35.7. The number of aliphatic carboxylic acids is 1. The van der Waals surface area contributed by atoms with E-state index in [4.69, 9.17) is 4.74 Å². The minimum Gasteiger partial charge on any atom is -0.476 e. The Bertz CT molecular complexity index is 596. The maximum Gasteiger partial charge on any atom is 0.357 e. The summed E-state index contributed by atoms with van der Waals surface area (Å²) >= 11 is 1.22. The van der Waals surface area contributed by atoms with Crippen LogP contribution in [-0.2, 0) is 19.1 Å². The second-order valence-corrected chi connectivity index (χ2v) is 6.36. The largest absolute Gasteiger partial charge is 0.476 e. The van der Waals surface area contributed by atoms with Crippen molar-refractivity contribution < 1.29 is 24.2 Å². The van der Waals surface area contributed by atoms with Crippen LogP contribution in [0.2, 0.25) is 0 Å². The number of nitrogens with zero attached hydrogens (tertiary/aromatic N) is 2. The van der Waals surface area contributed by atoms with Gasteiger partial charge in [0.25, 0.3) is 5.91 Å². The molecule has 1 amide bonds. The standard InChI is InChI=1S/C16H22N2O5S/c1-4-23-14(20)10-13(19)18(8-7-11(2)3)17-15(16(21)22)12-6-5-9-24-12/h5-6,9,11H,4,7-8,10H2,1-3H3,(H,21,22). The number of hydrogen-bond donors (Lipinski definition) is 1. The second kappa shape index (κ2) is 9.82. The van der Waals surface area contributed by atoms with E-state index in [2.05, 4.69) is 5.10 Å². The maximum atomic E-state index is 12.3. The van der Waals surface area contributed by atoms with Gasteiger partial charge in [0, 0.05) is 6.54 Å². The quantitative estimate of drug-likeness (QED) is 0.318. The van der Waals surface area contributed by atoms with E-state index in [-0.39, 0.29) is 18.9 Å². The summed E-state index contributed by atoms with van der Waals surface area (Å²) in [6.07, 6.45) is 0.169. The van der Waals surface area contributed by atoms with E-state index in [1.807, 2.05) is 13.8 Å². The topological polar surface area (TPSA) is 96.3 Å². The van der Waals surface area contributed by atoms with Crippen LogP contribution in [-0.4, -0.2) is 46.8 Å². The van der Waals surface area contributed by atoms with Crippen molar-refractivity contribution in [2.24, 2.45) is 11.0 Å². The van der Waals surface area contributed by atoms with Crippen molar-refractivity contribution in [1.82, 2.24) is 5.01 Å². The molecule has 0 aliphatic carbocycles. The Morgan fingerprint density at radius 3 is 2.58 bits per heavy atom. The summed E-state index contributed by atoms with van der Waals surface area (Å²) in [5.41, 5.74) is -0.217. The third kappa shape index (κ3) is 6.49. The van der Waals surface area contributed by atoms with Gasteiger partial charge in [0.2, 0.25) is 0 Å². The molecular formula is C16H22N2O5S. The van der Waals surface area contributed by atoms with Crippen molar-refractivity contribution in [3.8, 4) is 0 Å². The summed E-state index contributed by atoms with van der Waals surface area (Å²) in [6, 6.07) is 3.32. The van der Waals surface area contributed by atoms with Crippen molar-refractivity contribution in [3.05, 3.63) is 22.4 Å². The molecule has 0 saturated carbocycles. The summed E-state index contributed by atoms with van der Waals surface area (Å²) in [7, 11) is 0. The summed E-state index contributed by atoms with van der Waals surface area (Å²) in [6.45, 7) is 6.02. The average molecular weight is 354 g/mol. The Balaban J connectivity index is 3.02. The number of carbonyl (C=O) groups excluding carboxylic acids is 2. The first-order chi connectivity index (χ1) is 11.3. The van der Waals surface area contributed by atoms with Gasteiger partial charge in [0.15, 0.2) is 5.71 Å². The number of hydrogen-bond acceptors (Lipinski definition) is 6. The molecule has 0 atom stereocenters. The molecule has 8 heteroatoms. The lowest BCUT2D eigenvalue weighted by Gasteiger charge is -2.19. The molecule has 1 rings (SSSR count). The van der Waals surface area contributed by atoms with E-state index in [9.17, 15) is 19.5 Å². The molecule has 0 aliphatic rings. The number of hydrazone groups is 1. The summed E-state index contributed by atoms with van der Waals surface area (Å²) in [5.74, 6) is -2.16. The van der Waals surface area contributed by atoms with Crippen LogP contribution < -0.4 is 0 Å². The van der Waals surface area contributed by atoms with E-state index in [0.29, 0.717) is 17.2 Å². The van der Waals surface area contributed by atoms with Gasteiger partial charge < -0.3 is 9.84 Å². The SMILES string of the molecule is CCOC(=O)CC(=O)N(CCC(C)C)N=C(C(=O)O)c1cccs1. The molecule has 7 nitrogen and oxygen atoms in total. The molecule has 0 aromatic carbocycles. The number of ether oxygens (including phenoxy) is 1. The number of carbonyl (C=O) groups is 3. The summed E-state index contributed by atoms with van der Waals surface area (Å²) < 4.78 is 4.76. The Morgan fingerprint density at radius 1 is 1.38 bits per heavy atom. The van der Waals surface area contributed by atoms with Crippen molar-refractivity contribution in [2.75, 3.05) is 13.2 Å². The number of carboxylic acid groups (broad SMARTS) is 1. The monoisotopic (exact) mass is 354 g/mol. The first kappa shape index (κ1) is 19.8. The van der Waals surface area contributed by atoms with Crippen LogP contribution in [0.5, 0.6) is 0 Å². The zero-order valence-electron chi connectivity index (χ0n) is 14.0. The van der Waals surface area contributed by atoms with Gasteiger partial charge in [-0.25, -0.2) is 9.80 Å². The third-order valence-electron chi connectivity index (χ3n) is 2.98. The lowest BCUT2D eigenvalue weighted by atomic mass is 10.1. The molecule has 0 aliphatic heterocycles. The highest BCUT2D eigenvalue weighted by Crippen LogP contribution is 2.13. The predicted molar refractivity (Wildman–Crippen MR) is 90.9 cm³/mol. The average Bonchev–Trinajstić information content (AvgIpc) is 3.00. The van der Waals surface area contributed by atoms with Crippen LogP contribution in [0.3, 0.4) is 0 Å². The molecular weight excluding hydrogens is 332 g/mol. The number of rotatable bonds is 9. The van der Waals surface area contributed by atoms with Gasteiger partial charge in [-0.3, -0.25) is 9.59 Å².